The summed E-state index contributed by atoms with van der Waals surface area (Å²) in [6.07, 6.45) is 8.33. The molecule has 108 valence electrons. The van der Waals surface area contributed by atoms with Crippen molar-refractivity contribution >= 4 is 23.8 Å². The highest BCUT2D eigenvalue weighted by Gasteiger charge is 2.35. The molecule has 6 heteroatoms. The van der Waals surface area contributed by atoms with Crippen molar-refractivity contribution in [2.45, 2.75) is 55.9 Å². The molecule has 2 aliphatic carbocycles. The SMILES string of the molecule is CSC1CCCC(NC(=O)N(CC(=O)O)C2CC2)C1. The number of carboxylic acid groups (broad SMARTS) is 1. The van der Waals surface area contributed by atoms with Gasteiger partial charge in [-0.1, -0.05) is 6.42 Å². The molecule has 19 heavy (non-hydrogen) atoms. The first kappa shape index (κ1) is 14.5. The van der Waals surface area contributed by atoms with Gasteiger partial charge in [0.2, 0.25) is 0 Å². The van der Waals surface area contributed by atoms with E-state index in [0.717, 1.165) is 32.1 Å². The second-order valence-corrected chi connectivity index (χ2v) is 6.56. The minimum absolute atomic E-state index is 0.135. The van der Waals surface area contributed by atoms with Crippen LogP contribution in [0.15, 0.2) is 0 Å². The van der Waals surface area contributed by atoms with Crippen LogP contribution in [0.1, 0.15) is 38.5 Å². The van der Waals surface area contributed by atoms with E-state index in [-0.39, 0.29) is 24.7 Å². The Bertz CT molecular complexity index is 347. The van der Waals surface area contributed by atoms with E-state index >= 15 is 0 Å². The second-order valence-electron chi connectivity index (χ2n) is 5.42. The molecule has 0 aliphatic heterocycles. The predicted octanol–water partition coefficient (Wildman–Crippen LogP) is 1.92. The van der Waals surface area contributed by atoms with E-state index in [9.17, 15) is 9.59 Å². The molecule has 0 saturated heterocycles. The van der Waals surface area contributed by atoms with Gasteiger partial charge in [0.05, 0.1) is 0 Å². The van der Waals surface area contributed by atoms with E-state index < -0.39 is 5.97 Å². The Hall–Kier alpha value is -0.910. The molecule has 0 aromatic rings. The van der Waals surface area contributed by atoms with Gasteiger partial charge in [0.25, 0.3) is 0 Å². The molecular weight excluding hydrogens is 264 g/mol. The fourth-order valence-electron chi connectivity index (χ4n) is 2.65. The molecule has 2 unspecified atom stereocenters. The van der Waals surface area contributed by atoms with Crippen LogP contribution in [0.2, 0.25) is 0 Å². The van der Waals surface area contributed by atoms with Crippen molar-refractivity contribution < 1.29 is 14.7 Å². The van der Waals surface area contributed by atoms with Crippen LogP contribution in [-0.4, -0.2) is 52.1 Å². The van der Waals surface area contributed by atoms with Gasteiger partial charge in [0.15, 0.2) is 0 Å². The Labute approximate surface area is 118 Å². The lowest BCUT2D eigenvalue weighted by Crippen LogP contribution is -2.49. The minimum atomic E-state index is -0.937. The number of nitrogens with one attached hydrogen (secondary N) is 1. The Balaban J connectivity index is 1.85. The molecule has 5 nitrogen and oxygen atoms in total. The molecule has 0 spiro atoms. The largest absolute Gasteiger partial charge is 0.480 e. The first-order valence-corrected chi connectivity index (χ1v) is 8.20. The van der Waals surface area contributed by atoms with Gasteiger partial charge in [-0.3, -0.25) is 4.79 Å². The van der Waals surface area contributed by atoms with Crippen LogP contribution in [0.3, 0.4) is 0 Å². The highest BCUT2D eigenvalue weighted by Crippen LogP contribution is 2.29. The fraction of sp³-hybridized carbons (Fsp3) is 0.846. The van der Waals surface area contributed by atoms with Crippen molar-refractivity contribution in [3.8, 4) is 0 Å². The third-order valence-electron chi connectivity index (χ3n) is 3.84. The van der Waals surface area contributed by atoms with Crippen molar-refractivity contribution in [2.24, 2.45) is 0 Å². The summed E-state index contributed by atoms with van der Waals surface area (Å²) in [6, 6.07) is 0.140. The summed E-state index contributed by atoms with van der Waals surface area (Å²) in [5, 5.41) is 12.5. The van der Waals surface area contributed by atoms with E-state index in [1.807, 2.05) is 11.8 Å². The smallest absolute Gasteiger partial charge is 0.323 e. The number of amides is 2. The molecule has 2 amide bonds. The third kappa shape index (κ3) is 4.30. The molecule has 0 heterocycles. The minimum Gasteiger partial charge on any atom is -0.480 e. The summed E-state index contributed by atoms with van der Waals surface area (Å²) in [6.45, 7) is -0.185. The molecule has 2 aliphatic rings. The zero-order valence-electron chi connectivity index (χ0n) is 11.3. The van der Waals surface area contributed by atoms with Crippen molar-refractivity contribution in [3.63, 3.8) is 0 Å². The Morgan fingerprint density at radius 3 is 2.63 bits per heavy atom. The monoisotopic (exact) mass is 286 g/mol. The van der Waals surface area contributed by atoms with Crippen LogP contribution in [0, 0.1) is 0 Å². The maximum Gasteiger partial charge on any atom is 0.323 e. The van der Waals surface area contributed by atoms with Crippen LogP contribution in [0.25, 0.3) is 0 Å². The molecule has 0 bridgehead atoms. The number of hydrogen-bond acceptors (Lipinski definition) is 3. The number of carbonyl (C=O) groups excluding carboxylic acids is 1. The average Bonchev–Trinajstić information content (AvgIpc) is 3.20. The van der Waals surface area contributed by atoms with Gasteiger partial charge in [-0.25, -0.2) is 4.79 Å². The Kier molecular flexibility index (Phi) is 4.96. The molecule has 0 radical (unpaired) electrons. The summed E-state index contributed by atoms with van der Waals surface area (Å²) in [4.78, 5) is 24.5. The first-order chi connectivity index (χ1) is 9.10. The summed E-state index contributed by atoms with van der Waals surface area (Å²) in [5.74, 6) is -0.937. The number of nitrogens with zero attached hydrogens (tertiary/aromatic N) is 1. The molecule has 2 N–H and O–H groups in total. The topological polar surface area (TPSA) is 69.6 Å². The van der Waals surface area contributed by atoms with Crippen LogP contribution in [0.5, 0.6) is 0 Å². The van der Waals surface area contributed by atoms with E-state index in [1.165, 1.54) is 11.3 Å². The average molecular weight is 286 g/mol. The maximum absolute atomic E-state index is 12.2. The highest BCUT2D eigenvalue weighted by atomic mass is 32.2. The number of rotatable bonds is 5. The third-order valence-corrected chi connectivity index (χ3v) is 4.94. The number of aliphatic carboxylic acids is 1. The molecule has 2 rings (SSSR count). The van der Waals surface area contributed by atoms with Crippen LogP contribution in [0.4, 0.5) is 4.79 Å². The molecule has 0 aromatic heterocycles. The van der Waals surface area contributed by atoms with Gasteiger partial charge in [0, 0.05) is 17.3 Å². The van der Waals surface area contributed by atoms with Gasteiger partial charge in [-0.2, -0.15) is 11.8 Å². The van der Waals surface area contributed by atoms with E-state index in [1.54, 1.807) is 0 Å². The maximum atomic E-state index is 12.2. The van der Waals surface area contributed by atoms with Gasteiger partial charge in [0.1, 0.15) is 6.54 Å². The van der Waals surface area contributed by atoms with Crippen LogP contribution >= 0.6 is 11.8 Å². The van der Waals surface area contributed by atoms with Gasteiger partial charge < -0.3 is 15.3 Å². The fourth-order valence-corrected chi connectivity index (χ4v) is 3.47. The molecule has 2 fully saturated rings. The number of urea groups is 1. The Morgan fingerprint density at radius 2 is 2.05 bits per heavy atom. The standard InChI is InChI=1S/C13H22N2O3S/c1-19-11-4-2-3-9(7-11)14-13(18)15(8-12(16)17)10-5-6-10/h9-11H,2-8H2,1H3,(H,14,18)(H,16,17). The van der Waals surface area contributed by atoms with Crippen LogP contribution in [-0.2, 0) is 4.79 Å². The highest BCUT2D eigenvalue weighted by molar-refractivity contribution is 7.99. The van der Waals surface area contributed by atoms with E-state index in [4.69, 9.17) is 5.11 Å². The van der Waals surface area contributed by atoms with Crippen molar-refractivity contribution in [1.82, 2.24) is 10.2 Å². The molecular formula is C13H22N2O3S. The normalized spacial score (nSPS) is 26.8. The lowest BCUT2D eigenvalue weighted by molar-refractivity contribution is -0.137. The summed E-state index contributed by atoms with van der Waals surface area (Å²) < 4.78 is 0. The number of hydrogen-bond donors (Lipinski definition) is 2. The van der Waals surface area contributed by atoms with Crippen LogP contribution < -0.4 is 5.32 Å². The molecule has 2 atom stereocenters. The number of carbonyl (C=O) groups is 2. The Morgan fingerprint density at radius 1 is 1.32 bits per heavy atom. The number of thioether (sulfide) groups is 1. The summed E-state index contributed by atoms with van der Waals surface area (Å²) in [7, 11) is 0. The number of carboxylic acids is 1. The van der Waals surface area contributed by atoms with Crippen molar-refractivity contribution in [1.29, 1.82) is 0 Å². The van der Waals surface area contributed by atoms with Crippen molar-refractivity contribution in [2.75, 3.05) is 12.8 Å². The van der Waals surface area contributed by atoms with Gasteiger partial charge in [-0.05, 0) is 38.4 Å². The first-order valence-electron chi connectivity index (χ1n) is 6.92. The molecule has 0 aromatic carbocycles. The van der Waals surface area contributed by atoms with E-state index in [0.29, 0.717) is 5.25 Å². The lowest BCUT2D eigenvalue weighted by atomic mass is 9.95. The van der Waals surface area contributed by atoms with E-state index in [2.05, 4.69) is 11.6 Å². The summed E-state index contributed by atoms with van der Waals surface area (Å²) in [5.41, 5.74) is 0. The lowest BCUT2D eigenvalue weighted by Gasteiger charge is -2.31. The quantitative estimate of drug-likeness (QED) is 0.810. The predicted molar refractivity (Wildman–Crippen MR) is 75.5 cm³/mol. The zero-order chi connectivity index (χ0) is 13.8. The van der Waals surface area contributed by atoms with Gasteiger partial charge in [-0.15, -0.1) is 0 Å². The van der Waals surface area contributed by atoms with Crippen molar-refractivity contribution in [3.05, 3.63) is 0 Å². The molecule has 2 saturated carbocycles. The second kappa shape index (κ2) is 6.50. The van der Waals surface area contributed by atoms with Gasteiger partial charge >= 0.3 is 12.0 Å². The summed E-state index contributed by atoms with van der Waals surface area (Å²) >= 11 is 1.86. The zero-order valence-corrected chi connectivity index (χ0v) is 12.1.